The summed E-state index contributed by atoms with van der Waals surface area (Å²) >= 11 is 0. The normalized spacial score (nSPS) is 17.6. The summed E-state index contributed by atoms with van der Waals surface area (Å²) in [5.41, 5.74) is 0.715. The maximum Gasteiger partial charge on any atom is 0.362 e. The summed E-state index contributed by atoms with van der Waals surface area (Å²) in [6.45, 7) is 2.96. The molecule has 0 aromatic carbocycles. The molecule has 2 saturated heterocycles. The Balaban J connectivity index is 0.000000254. The summed E-state index contributed by atoms with van der Waals surface area (Å²) in [4.78, 5) is 30.5. The molecule has 0 radical (unpaired) electrons. The van der Waals surface area contributed by atoms with Crippen LogP contribution >= 0.6 is 0 Å². The highest BCUT2D eigenvalue weighted by Gasteiger charge is 2.18. The molecule has 4 amide bonds. The number of hydrogen-bond donors (Lipinski definition) is 1. The number of aliphatic hydroxyl groups is 1. The van der Waals surface area contributed by atoms with Crippen molar-refractivity contribution in [2.24, 2.45) is 10.2 Å². The number of carbonyl (C=O) groups is 2. The zero-order valence-electron chi connectivity index (χ0n) is 15.1. The van der Waals surface area contributed by atoms with E-state index in [-0.39, 0.29) is 18.7 Å². The van der Waals surface area contributed by atoms with Crippen molar-refractivity contribution in [3.63, 3.8) is 0 Å². The summed E-state index contributed by atoms with van der Waals surface area (Å²) < 4.78 is 0. The molecule has 8 heteroatoms. The number of aromatic nitrogens is 1. The van der Waals surface area contributed by atoms with Crippen molar-refractivity contribution in [1.29, 1.82) is 0 Å². The van der Waals surface area contributed by atoms with E-state index in [0.717, 1.165) is 64.7 Å². The predicted molar refractivity (Wildman–Crippen MR) is 96.7 cm³/mol. The number of nitrogens with zero attached hydrogens (tertiary/aromatic N) is 5. The second-order valence-corrected chi connectivity index (χ2v) is 6.34. The molecular weight excluding hydrogens is 334 g/mol. The van der Waals surface area contributed by atoms with Gasteiger partial charge < -0.3 is 14.9 Å². The lowest BCUT2D eigenvalue weighted by Gasteiger charge is -2.25. The summed E-state index contributed by atoms with van der Waals surface area (Å²) in [6.07, 6.45) is 8.04. The van der Waals surface area contributed by atoms with E-state index < -0.39 is 0 Å². The molecule has 2 aliphatic heterocycles. The molecule has 0 unspecified atom stereocenters. The Morgan fingerprint density at radius 1 is 0.885 bits per heavy atom. The molecule has 1 aromatic heterocycles. The minimum Gasteiger partial charge on any atom is -0.390 e. The highest BCUT2D eigenvalue weighted by Crippen LogP contribution is 2.12. The monoisotopic (exact) mass is 361 g/mol. The van der Waals surface area contributed by atoms with Gasteiger partial charge in [-0.05, 0) is 50.7 Å². The molecular formula is C18H27N5O3. The number of aliphatic hydroxyl groups excluding tert-OH is 1. The van der Waals surface area contributed by atoms with Crippen LogP contribution in [0.4, 0.5) is 9.59 Å². The second-order valence-electron chi connectivity index (χ2n) is 6.34. The Bertz CT molecular complexity index is 550. The van der Waals surface area contributed by atoms with Gasteiger partial charge in [-0.25, -0.2) is 9.59 Å². The average molecular weight is 361 g/mol. The largest absolute Gasteiger partial charge is 0.390 e. The third-order valence-electron chi connectivity index (χ3n) is 4.36. The van der Waals surface area contributed by atoms with Gasteiger partial charge in [0.05, 0.1) is 12.3 Å². The van der Waals surface area contributed by atoms with Gasteiger partial charge in [0.25, 0.3) is 0 Å². The first-order valence-corrected chi connectivity index (χ1v) is 9.21. The predicted octanol–water partition coefficient (Wildman–Crippen LogP) is 3.22. The van der Waals surface area contributed by atoms with Crippen LogP contribution in [-0.2, 0) is 6.61 Å². The van der Waals surface area contributed by atoms with Gasteiger partial charge in [-0.3, -0.25) is 4.98 Å². The van der Waals surface area contributed by atoms with Crippen LogP contribution in [0.2, 0.25) is 0 Å². The third kappa shape index (κ3) is 6.87. The van der Waals surface area contributed by atoms with E-state index >= 15 is 0 Å². The average Bonchev–Trinajstić information content (AvgIpc) is 2.74. The molecule has 3 heterocycles. The number of amides is 4. The number of likely N-dealkylation sites (tertiary alicyclic amines) is 2. The van der Waals surface area contributed by atoms with E-state index in [9.17, 15) is 9.59 Å². The van der Waals surface area contributed by atoms with Crippen molar-refractivity contribution >= 4 is 12.1 Å². The molecule has 2 fully saturated rings. The number of carbonyl (C=O) groups excluding carboxylic acids is 2. The van der Waals surface area contributed by atoms with E-state index in [1.54, 1.807) is 22.1 Å². The fourth-order valence-electron chi connectivity index (χ4n) is 2.87. The Morgan fingerprint density at radius 2 is 1.38 bits per heavy atom. The maximum atomic E-state index is 11.7. The SMILES string of the molecule is O=C(N=NC(=O)N1CCCCC1)N1CCCCC1.OCc1ccccn1. The maximum absolute atomic E-state index is 11.7. The topological polar surface area (TPSA) is 98.5 Å². The van der Waals surface area contributed by atoms with E-state index in [0.29, 0.717) is 5.69 Å². The Labute approximate surface area is 153 Å². The lowest BCUT2D eigenvalue weighted by Crippen LogP contribution is -2.35. The number of rotatable bonds is 1. The van der Waals surface area contributed by atoms with Crippen LogP contribution in [0, 0.1) is 0 Å². The number of hydrogen-bond acceptors (Lipinski definition) is 4. The van der Waals surface area contributed by atoms with Crippen molar-refractivity contribution < 1.29 is 14.7 Å². The Kier molecular flexibility index (Phi) is 8.68. The smallest absolute Gasteiger partial charge is 0.362 e. The van der Waals surface area contributed by atoms with Gasteiger partial charge in [0.1, 0.15) is 0 Å². The lowest BCUT2D eigenvalue weighted by atomic mass is 10.1. The molecule has 0 spiro atoms. The van der Waals surface area contributed by atoms with Crippen LogP contribution in [0.25, 0.3) is 0 Å². The standard InChI is InChI=1S/C12H20N4O2.C6H7NO/c17-11(15-7-3-1-4-8-15)13-14-12(18)16-9-5-2-6-10-16;8-5-6-3-1-2-4-7-6/h1-10H2;1-4,8H,5H2. The van der Waals surface area contributed by atoms with E-state index in [1.165, 1.54) is 0 Å². The Hall–Kier alpha value is -2.35. The summed E-state index contributed by atoms with van der Waals surface area (Å²) in [5.74, 6) is 0. The lowest BCUT2D eigenvalue weighted by molar-refractivity contribution is 0.187. The van der Waals surface area contributed by atoms with Gasteiger partial charge in [0, 0.05) is 32.4 Å². The highest BCUT2D eigenvalue weighted by molar-refractivity contribution is 5.79. The van der Waals surface area contributed by atoms with Crippen molar-refractivity contribution in [2.75, 3.05) is 26.2 Å². The van der Waals surface area contributed by atoms with Crippen molar-refractivity contribution in [3.8, 4) is 0 Å². The van der Waals surface area contributed by atoms with Gasteiger partial charge in [0.2, 0.25) is 0 Å². The summed E-state index contributed by atoms with van der Waals surface area (Å²) in [7, 11) is 0. The minimum absolute atomic E-state index is 0.0286. The molecule has 2 aliphatic rings. The summed E-state index contributed by atoms with van der Waals surface area (Å²) in [6, 6.07) is 4.69. The summed E-state index contributed by atoms with van der Waals surface area (Å²) in [5, 5.41) is 15.6. The Morgan fingerprint density at radius 3 is 1.73 bits per heavy atom. The van der Waals surface area contributed by atoms with E-state index in [4.69, 9.17) is 5.11 Å². The molecule has 1 aromatic rings. The first kappa shape index (κ1) is 20.0. The molecule has 3 rings (SSSR count). The van der Waals surface area contributed by atoms with Gasteiger partial charge in [-0.2, -0.15) is 0 Å². The first-order chi connectivity index (χ1) is 12.7. The van der Waals surface area contributed by atoms with Crippen LogP contribution < -0.4 is 0 Å². The quantitative estimate of drug-likeness (QED) is 0.776. The van der Waals surface area contributed by atoms with Gasteiger partial charge in [-0.15, -0.1) is 0 Å². The van der Waals surface area contributed by atoms with E-state index in [1.807, 2.05) is 12.1 Å². The number of urea groups is 2. The van der Waals surface area contributed by atoms with Crippen LogP contribution in [0.1, 0.15) is 44.2 Å². The molecule has 8 nitrogen and oxygen atoms in total. The van der Waals surface area contributed by atoms with Crippen LogP contribution in [0.5, 0.6) is 0 Å². The number of piperidine rings is 2. The molecule has 26 heavy (non-hydrogen) atoms. The fraction of sp³-hybridized carbons (Fsp3) is 0.611. The molecule has 0 atom stereocenters. The van der Waals surface area contributed by atoms with Gasteiger partial charge in [-0.1, -0.05) is 16.3 Å². The molecule has 0 bridgehead atoms. The third-order valence-corrected chi connectivity index (χ3v) is 4.36. The molecule has 1 N–H and O–H groups in total. The highest BCUT2D eigenvalue weighted by atomic mass is 16.3. The molecule has 142 valence electrons. The number of pyridine rings is 1. The first-order valence-electron chi connectivity index (χ1n) is 9.21. The van der Waals surface area contributed by atoms with Crippen LogP contribution in [0.15, 0.2) is 34.6 Å². The van der Waals surface area contributed by atoms with Crippen LogP contribution in [0.3, 0.4) is 0 Å². The van der Waals surface area contributed by atoms with Crippen molar-refractivity contribution in [3.05, 3.63) is 30.1 Å². The van der Waals surface area contributed by atoms with Crippen molar-refractivity contribution in [1.82, 2.24) is 14.8 Å². The molecule has 0 aliphatic carbocycles. The minimum atomic E-state index is -0.375. The van der Waals surface area contributed by atoms with Crippen molar-refractivity contribution in [2.45, 2.75) is 45.1 Å². The number of azo groups is 1. The second kappa shape index (κ2) is 11.3. The molecule has 0 saturated carbocycles. The zero-order valence-corrected chi connectivity index (χ0v) is 15.1. The van der Waals surface area contributed by atoms with Gasteiger partial charge in [0.15, 0.2) is 0 Å². The zero-order chi connectivity index (χ0) is 18.6. The fourth-order valence-corrected chi connectivity index (χ4v) is 2.87. The van der Waals surface area contributed by atoms with E-state index in [2.05, 4.69) is 15.2 Å². The van der Waals surface area contributed by atoms with Gasteiger partial charge >= 0.3 is 12.1 Å². The van der Waals surface area contributed by atoms with Crippen LogP contribution in [-0.4, -0.2) is 58.1 Å².